The van der Waals surface area contributed by atoms with Crippen LogP contribution in [-0.4, -0.2) is 24.1 Å². The number of aromatic nitrogens is 5. The van der Waals surface area contributed by atoms with Gasteiger partial charge in [0.05, 0.1) is 39.0 Å². The molecule has 0 bridgehead atoms. The standard InChI is InChI=1S/C76H48F3N5/c77-76(78,79)60-36-42-71(83-67-38-32-55(49-19-7-1-8-20-49)43-62(67)63-44-56(33-39-68(63)83)50-21-9-2-10-22-50)66(48-60)61-37-31-59(75-81-73(53-27-15-5-16-28-53)80-74(82-75)54-29-17-6-18-30-54)47-72(61)84-69-40-34-57(51-23-11-3-12-24-51)45-64(69)65-46-58(35-41-70(65)84)52-25-13-4-14-26-52/h1-48H. The lowest BCUT2D eigenvalue weighted by molar-refractivity contribution is -0.137. The fourth-order valence-electron chi connectivity index (χ4n) is 12.0. The molecule has 12 aromatic carbocycles. The summed E-state index contributed by atoms with van der Waals surface area (Å²) >= 11 is 0. The Morgan fingerprint density at radius 2 is 0.548 bits per heavy atom. The highest BCUT2D eigenvalue weighted by atomic mass is 19.4. The third-order valence-electron chi connectivity index (χ3n) is 16.0. The summed E-state index contributed by atoms with van der Waals surface area (Å²) in [4.78, 5) is 15.4. The molecule has 0 atom stereocenters. The fraction of sp³-hybridized carbons (Fsp3) is 0.0132. The van der Waals surface area contributed by atoms with Crippen LogP contribution in [0.25, 0.3) is 145 Å². The summed E-state index contributed by atoms with van der Waals surface area (Å²) in [7, 11) is 0. The van der Waals surface area contributed by atoms with E-state index >= 15 is 13.2 Å². The van der Waals surface area contributed by atoms with Gasteiger partial charge < -0.3 is 9.13 Å². The van der Waals surface area contributed by atoms with Crippen LogP contribution in [0, 0.1) is 0 Å². The molecule has 15 rings (SSSR count). The maximum atomic E-state index is 15.6. The third kappa shape index (κ3) is 8.98. The first-order valence-electron chi connectivity index (χ1n) is 27.9. The van der Waals surface area contributed by atoms with Crippen molar-refractivity contribution in [2.75, 3.05) is 0 Å². The Morgan fingerprint density at radius 1 is 0.238 bits per heavy atom. The van der Waals surface area contributed by atoms with Crippen LogP contribution in [0.2, 0.25) is 0 Å². The highest BCUT2D eigenvalue weighted by molar-refractivity contribution is 6.14. The minimum atomic E-state index is -4.68. The van der Waals surface area contributed by atoms with Gasteiger partial charge in [-0.3, -0.25) is 0 Å². The molecular formula is C76H48F3N5. The van der Waals surface area contributed by atoms with E-state index in [1.165, 1.54) is 12.1 Å². The van der Waals surface area contributed by atoms with Crippen molar-refractivity contribution in [3.8, 4) is 101 Å². The number of alkyl halides is 3. The van der Waals surface area contributed by atoms with Crippen molar-refractivity contribution in [3.63, 3.8) is 0 Å². The molecule has 5 nitrogen and oxygen atoms in total. The molecule has 0 aliphatic heterocycles. The van der Waals surface area contributed by atoms with Crippen LogP contribution in [-0.2, 0) is 6.18 Å². The summed E-state index contributed by atoms with van der Waals surface area (Å²) in [6.07, 6.45) is -4.68. The summed E-state index contributed by atoms with van der Waals surface area (Å²) in [5.74, 6) is 1.38. The van der Waals surface area contributed by atoms with Gasteiger partial charge in [-0.2, -0.15) is 13.2 Å². The van der Waals surface area contributed by atoms with Crippen LogP contribution in [0.5, 0.6) is 0 Å². The molecule has 0 spiro atoms. The van der Waals surface area contributed by atoms with Gasteiger partial charge in [0.1, 0.15) is 0 Å². The van der Waals surface area contributed by atoms with Gasteiger partial charge in [0, 0.05) is 49.4 Å². The van der Waals surface area contributed by atoms with Gasteiger partial charge in [0.25, 0.3) is 0 Å². The molecular weight excluding hydrogens is 1040 g/mol. The molecule has 0 aliphatic rings. The van der Waals surface area contributed by atoms with E-state index in [0.717, 1.165) is 99.2 Å². The lowest BCUT2D eigenvalue weighted by Crippen LogP contribution is -2.08. The minimum Gasteiger partial charge on any atom is -0.309 e. The third-order valence-corrected chi connectivity index (χ3v) is 16.0. The van der Waals surface area contributed by atoms with E-state index in [9.17, 15) is 0 Å². The molecule has 398 valence electrons. The Bertz CT molecular complexity index is 4710. The lowest BCUT2D eigenvalue weighted by Gasteiger charge is -2.21. The minimum absolute atomic E-state index is 0.381. The van der Waals surface area contributed by atoms with Gasteiger partial charge in [-0.15, -0.1) is 0 Å². The van der Waals surface area contributed by atoms with Crippen molar-refractivity contribution in [2.45, 2.75) is 6.18 Å². The molecule has 0 aliphatic carbocycles. The Hall–Kier alpha value is -11.0. The molecule has 0 amide bonds. The number of fused-ring (bicyclic) bond motifs is 6. The lowest BCUT2D eigenvalue weighted by atomic mass is 9.96. The molecule has 0 fully saturated rings. The molecule has 84 heavy (non-hydrogen) atoms. The maximum absolute atomic E-state index is 15.6. The number of hydrogen-bond donors (Lipinski definition) is 0. The monoisotopic (exact) mass is 1090 g/mol. The van der Waals surface area contributed by atoms with Crippen molar-refractivity contribution >= 4 is 43.6 Å². The van der Waals surface area contributed by atoms with Crippen molar-refractivity contribution in [2.24, 2.45) is 0 Å². The Kier molecular flexibility index (Phi) is 12.2. The summed E-state index contributed by atoms with van der Waals surface area (Å²) in [5.41, 5.74) is 15.4. The quantitative estimate of drug-likeness (QED) is 0.137. The van der Waals surface area contributed by atoms with E-state index in [1.54, 1.807) is 6.07 Å². The van der Waals surface area contributed by atoms with E-state index in [2.05, 4.69) is 130 Å². The van der Waals surface area contributed by atoms with Crippen molar-refractivity contribution < 1.29 is 13.2 Å². The zero-order valence-corrected chi connectivity index (χ0v) is 45.1. The van der Waals surface area contributed by atoms with Crippen LogP contribution < -0.4 is 0 Å². The topological polar surface area (TPSA) is 48.5 Å². The number of benzene rings is 12. The summed E-state index contributed by atoms with van der Waals surface area (Å²) in [6, 6.07) is 96.6. The smallest absolute Gasteiger partial charge is 0.309 e. The molecule has 0 saturated carbocycles. The fourth-order valence-corrected chi connectivity index (χ4v) is 12.0. The number of nitrogens with zero attached hydrogens (tertiary/aromatic N) is 5. The Balaban J connectivity index is 1.05. The largest absolute Gasteiger partial charge is 0.416 e. The predicted molar refractivity (Wildman–Crippen MR) is 337 cm³/mol. The van der Waals surface area contributed by atoms with Crippen LogP contribution in [0.1, 0.15) is 5.56 Å². The van der Waals surface area contributed by atoms with Crippen LogP contribution in [0.3, 0.4) is 0 Å². The van der Waals surface area contributed by atoms with E-state index < -0.39 is 11.7 Å². The second-order valence-corrected chi connectivity index (χ2v) is 21.1. The van der Waals surface area contributed by atoms with E-state index in [1.807, 2.05) is 152 Å². The average molecular weight is 1090 g/mol. The van der Waals surface area contributed by atoms with Crippen LogP contribution in [0.4, 0.5) is 13.2 Å². The van der Waals surface area contributed by atoms with E-state index in [-0.39, 0.29) is 0 Å². The molecule has 0 N–H and O–H groups in total. The van der Waals surface area contributed by atoms with Gasteiger partial charge in [-0.25, -0.2) is 15.0 Å². The van der Waals surface area contributed by atoms with Gasteiger partial charge in [0.2, 0.25) is 0 Å². The normalized spacial score (nSPS) is 11.8. The first kappa shape index (κ1) is 50.0. The SMILES string of the molecule is FC(F)(F)c1ccc(-n2c3ccc(-c4ccccc4)cc3c3cc(-c4ccccc4)ccc32)c(-c2ccc(-c3nc(-c4ccccc4)nc(-c4ccccc4)n3)cc2-n2c3ccc(-c4ccccc4)cc3c3cc(-c4ccccc4)ccc32)c1. The highest BCUT2D eigenvalue weighted by Gasteiger charge is 2.33. The molecule has 8 heteroatoms. The van der Waals surface area contributed by atoms with Gasteiger partial charge in [-0.05, 0) is 117 Å². The van der Waals surface area contributed by atoms with Gasteiger partial charge >= 0.3 is 6.18 Å². The molecule has 0 saturated heterocycles. The van der Waals surface area contributed by atoms with E-state index in [0.29, 0.717) is 45.5 Å². The second-order valence-electron chi connectivity index (χ2n) is 21.1. The van der Waals surface area contributed by atoms with Crippen LogP contribution in [0.15, 0.2) is 291 Å². The Morgan fingerprint density at radius 3 is 0.893 bits per heavy atom. The molecule has 0 radical (unpaired) electrons. The van der Waals surface area contributed by atoms with E-state index in [4.69, 9.17) is 15.0 Å². The summed E-state index contributed by atoms with van der Waals surface area (Å²) < 4.78 is 51.2. The van der Waals surface area contributed by atoms with Crippen molar-refractivity contribution in [3.05, 3.63) is 297 Å². The number of halogens is 3. The Labute approximate surface area is 482 Å². The van der Waals surface area contributed by atoms with Gasteiger partial charge in [-0.1, -0.05) is 218 Å². The van der Waals surface area contributed by atoms with Crippen molar-refractivity contribution in [1.29, 1.82) is 0 Å². The van der Waals surface area contributed by atoms with Crippen molar-refractivity contribution in [1.82, 2.24) is 24.1 Å². The zero-order valence-electron chi connectivity index (χ0n) is 45.1. The summed E-state index contributed by atoms with van der Waals surface area (Å²) in [5, 5.41) is 3.89. The van der Waals surface area contributed by atoms with Gasteiger partial charge in [0.15, 0.2) is 17.5 Å². The summed E-state index contributed by atoms with van der Waals surface area (Å²) in [6.45, 7) is 0. The maximum Gasteiger partial charge on any atom is 0.416 e. The first-order valence-corrected chi connectivity index (χ1v) is 27.9. The molecule has 3 aromatic heterocycles. The zero-order chi connectivity index (χ0) is 56.3. The van der Waals surface area contributed by atoms with Crippen LogP contribution >= 0.6 is 0 Å². The second kappa shape index (κ2) is 20.5. The molecule has 0 unspecified atom stereocenters. The molecule has 15 aromatic rings. The average Bonchev–Trinajstić information content (AvgIpc) is 2.00. The predicted octanol–water partition coefficient (Wildman–Crippen LogP) is 20.4. The first-order chi connectivity index (χ1) is 41.3. The highest BCUT2D eigenvalue weighted by Crippen LogP contribution is 2.46. The number of rotatable bonds is 10. The number of hydrogen-bond acceptors (Lipinski definition) is 3. The molecule has 3 heterocycles.